The third kappa shape index (κ3) is 4.72. The summed E-state index contributed by atoms with van der Waals surface area (Å²) in [5, 5.41) is 22.7. The van der Waals surface area contributed by atoms with Crippen molar-refractivity contribution in [1.29, 1.82) is 0 Å². The zero-order chi connectivity index (χ0) is 18.7. The maximum absolute atomic E-state index is 8.49. The van der Waals surface area contributed by atoms with E-state index < -0.39 is 6.10 Å². The first-order valence-corrected chi connectivity index (χ1v) is 8.53. The monoisotopic (exact) mass is 536 g/mol. The molecule has 0 saturated heterocycles. The van der Waals surface area contributed by atoms with Gasteiger partial charge in [-0.05, 0) is 25.6 Å². The molecule has 3 nitrogen and oxygen atoms in total. The molecule has 0 amide bonds. The molecule has 0 saturated carbocycles. The first-order valence-electron chi connectivity index (χ1n) is 8.53. The second-order valence-electron chi connectivity index (χ2n) is 6.32. The van der Waals surface area contributed by atoms with Crippen LogP contribution in [0.2, 0.25) is 0 Å². The standard InChI is InChI=1S/C18H11N.C5H10O2.Ir/c1-12-10-11-17-15-8-3-2-6-13(15)14-7-4-5-9-16(14)18(17)19-12;1-4(6)3-5(2)7;/h2-7,9-10H,1H3;3-4,6-7H,1-2H3;/q-2;;. The average Bonchev–Trinajstić information content (AvgIpc) is 2.61. The Balaban J connectivity index is 0.000000285. The fourth-order valence-electron chi connectivity index (χ4n) is 3.04. The van der Waals surface area contributed by atoms with Crippen LogP contribution in [0.25, 0.3) is 32.4 Å². The number of rotatable bonds is 1. The first-order chi connectivity index (χ1) is 12.5. The van der Waals surface area contributed by atoms with E-state index in [1.807, 2.05) is 25.1 Å². The van der Waals surface area contributed by atoms with Crippen LogP contribution in [0.1, 0.15) is 19.5 Å². The van der Waals surface area contributed by atoms with Gasteiger partial charge in [-0.25, -0.2) is 10.8 Å². The summed E-state index contributed by atoms with van der Waals surface area (Å²) in [7, 11) is 0. The number of aliphatic hydroxyl groups excluding tert-OH is 2. The summed E-state index contributed by atoms with van der Waals surface area (Å²) in [5.74, 6) is 0.162. The molecule has 4 rings (SSSR count). The summed E-state index contributed by atoms with van der Waals surface area (Å²) in [5.41, 5.74) is 2.01. The van der Waals surface area contributed by atoms with Crippen molar-refractivity contribution in [3.8, 4) is 0 Å². The number of allylic oxidation sites excluding steroid dienone is 1. The minimum absolute atomic E-state index is 0. The molecule has 1 aromatic heterocycles. The van der Waals surface area contributed by atoms with Crippen molar-refractivity contribution >= 4 is 32.4 Å². The molecule has 0 bridgehead atoms. The van der Waals surface area contributed by atoms with E-state index in [-0.39, 0.29) is 25.9 Å². The fraction of sp³-hybridized carbons (Fsp3) is 0.174. The van der Waals surface area contributed by atoms with Gasteiger partial charge in [0.05, 0.1) is 11.9 Å². The van der Waals surface area contributed by atoms with Crippen LogP contribution in [-0.2, 0) is 20.1 Å². The summed E-state index contributed by atoms with van der Waals surface area (Å²) in [4.78, 5) is 4.70. The molecule has 4 aromatic rings. The molecule has 1 radical (unpaired) electrons. The van der Waals surface area contributed by atoms with Crippen LogP contribution in [0.3, 0.4) is 0 Å². The molecule has 0 fully saturated rings. The summed E-state index contributed by atoms with van der Waals surface area (Å²) in [6, 6.07) is 23.2. The van der Waals surface area contributed by atoms with Crippen LogP contribution in [-0.4, -0.2) is 21.3 Å². The third-order valence-corrected chi connectivity index (χ3v) is 4.01. The van der Waals surface area contributed by atoms with E-state index in [4.69, 9.17) is 15.2 Å². The minimum Gasteiger partial charge on any atom is -0.513 e. The maximum Gasteiger partial charge on any atom is 0.0877 e. The van der Waals surface area contributed by atoms with Gasteiger partial charge in [0.2, 0.25) is 0 Å². The van der Waals surface area contributed by atoms with Crippen LogP contribution in [0.5, 0.6) is 0 Å². The Morgan fingerprint density at radius 3 is 2.33 bits per heavy atom. The Morgan fingerprint density at radius 1 is 1.04 bits per heavy atom. The maximum atomic E-state index is 8.49. The minimum atomic E-state index is -0.537. The molecule has 0 spiro atoms. The van der Waals surface area contributed by atoms with Gasteiger partial charge in [-0.1, -0.05) is 47.5 Å². The predicted octanol–water partition coefficient (Wildman–Crippen LogP) is 5.28. The summed E-state index contributed by atoms with van der Waals surface area (Å²) in [6.45, 7) is 5.11. The largest absolute Gasteiger partial charge is 0.513 e. The quantitative estimate of drug-likeness (QED) is 0.198. The molecule has 2 N–H and O–H groups in total. The van der Waals surface area contributed by atoms with Crippen molar-refractivity contribution in [1.82, 2.24) is 4.98 Å². The van der Waals surface area contributed by atoms with Gasteiger partial charge in [-0.2, -0.15) is 18.2 Å². The first kappa shape index (κ1) is 21.0. The topological polar surface area (TPSA) is 53.4 Å². The number of hydrogen-bond acceptors (Lipinski definition) is 3. The molecular formula is C23H21IrNO2-2. The predicted molar refractivity (Wildman–Crippen MR) is 107 cm³/mol. The summed E-state index contributed by atoms with van der Waals surface area (Å²) in [6.07, 6.45) is 0.824. The normalized spacial score (nSPS) is 12.4. The van der Waals surface area contributed by atoms with Crippen molar-refractivity contribution < 1.29 is 30.3 Å². The van der Waals surface area contributed by atoms with E-state index >= 15 is 0 Å². The fourth-order valence-corrected chi connectivity index (χ4v) is 3.04. The molecule has 0 aliphatic heterocycles. The number of aryl methyl sites for hydroxylation is 1. The number of hydrogen-bond donors (Lipinski definition) is 2. The van der Waals surface area contributed by atoms with Gasteiger partial charge in [0.1, 0.15) is 0 Å². The SMILES string of the molecule is CC(O)=CC(C)O.Cc1c[c-]c2c3[c-]cccc3c3ccccc3c2n1.[Ir]. The van der Waals surface area contributed by atoms with Crippen molar-refractivity contribution in [3.05, 3.63) is 78.2 Å². The van der Waals surface area contributed by atoms with Gasteiger partial charge < -0.3 is 15.2 Å². The summed E-state index contributed by atoms with van der Waals surface area (Å²) < 4.78 is 0. The van der Waals surface area contributed by atoms with Crippen LogP contribution in [0, 0.1) is 19.1 Å². The number of benzene rings is 3. The van der Waals surface area contributed by atoms with Crippen LogP contribution >= 0.6 is 0 Å². The van der Waals surface area contributed by atoms with Gasteiger partial charge in [0.15, 0.2) is 0 Å². The van der Waals surface area contributed by atoms with Crippen molar-refractivity contribution in [2.75, 3.05) is 0 Å². The third-order valence-electron chi connectivity index (χ3n) is 4.01. The second-order valence-corrected chi connectivity index (χ2v) is 6.32. The van der Waals surface area contributed by atoms with Crippen LogP contribution in [0.15, 0.2) is 60.4 Å². The van der Waals surface area contributed by atoms with E-state index in [0.29, 0.717) is 0 Å². The Labute approximate surface area is 172 Å². The van der Waals surface area contributed by atoms with E-state index in [1.165, 1.54) is 29.2 Å². The van der Waals surface area contributed by atoms with Crippen molar-refractivity contribution in [2.45, 2.75) is 26.9 Å². The van der Waals surface area contributed by atoms with Gasteiger partial charge in [-0.15, -0.1) is 23.6 Å². The van der Waals surface area contributed by atoms with E-state index in [2.05, 4.69) is 42.5 Å². The van der Waals surface area contributed by atoms with Gasteiger partial charge in [-0.3, -0.25) is 0 Å². The number of nitrogens with zero attached hydrogens (tertiary/aromatic N) is 1. The van der Waals surface area contributed by atoms with Gasteiger partial charge >= 0.3 is 0 Å². The average molecular weight is 536 g/mol. The molecule has 1 unspecified atom stereocenters. The molecule has 141 valence electrons. The molecule has 1 heterocycles. The number of fused-ring (bicyclic) bond motifs is 6. The Kier molecular flexibility index (Phi) is 7.09. The number of aromatic nitrogens is 1. The molecule has 4 heteroatoms. The van der Waals surface area contributed by atoms with E-state index in [1.54, 1.807) is 6.92 Å². The molecule has 0 aliphatic rings. The zero-order valence-electron chi connectivity index (χ0n) is 15.4. The van der Waals surface area contributed by atoms with Gasteiger partial charge in [0.25, 0.3) is 0 Å². The summed E-state index contributed by atoms with van der Waals surface area (Å²) >= 11 is 0. The zero-order valence-corrected chi connectivity index (χ0v) is 17.8. The van der Waals surface area contributed by atoms with Crippen molar-refractivity contribution in [2.24, 2.45) is 0 Å². The molecule has 3 aromatic carbocycles. The van der Waals surface area contributed by atoms with E-state index in [9.17, 15) is 0 Å². The van der Waals surface area contributed by atoms with E-state index in [0.717, 1.165) is 22.0 Å². The molecule has 1 atom stereocenters. The Hall–Kier alpha value is -2.26. The van der Waals surface area contributed by atoms with Crippen LogP contribution < -0.4 is 0 Å². The number of aliphatic hydroxyl groups is 2. The smallest absolute Gasteiger partial charge is 0.0877 e. The van der Waals surface area contributed by atoms with Gasteiger partial charge in [0, 0.05) is 20.1 Å². The second kappa shape index (κ2) is 9.09. The molecular weight excluding hydrogens is 514 g/mol. The Bertz CT molecular complexity index is 1060. The van der Waals surface area contributed by atoms with Crippen molar-refractivity contribution in [3.63, 3.8) is 0 Å². The molecule has 27 heavy (non-hydrogen) atoms. The molecule has 0 aliphatic carbocycles. The number of pyridine rings is 1. The van der Waals surface area contributed by atoms with Crippen LogP contribution in [0.4, 0.5) is 0 Å². The Morgan fingerprint density at radius 2 is 1.70 bits per heavy atom.